The van der Waals surface area contributed by atoms with Crippen molar-refractivity contribution in [1.82, 2.24) is 4.90 Å². The molecule has 2 aromatic carbocycles. The number of alkyl halides is 3. The monoisotopic (exact) mass is 405 g/mol. The number of amides is 1. The molecule has 0 bridgehead atoms. The fraction of sp³-hybridized carbons (Fsp3) is 0.381. The van der Waals surface area contributed by atoms with Gasteiger partial charge in [0.1, 0.15) is 0 Å². The summed E-state index contributed by atoms with van der Waals surface area (Å²) in [7, 11) is 0. The van der Waals surface area contributed by atoms with Gasteiger partial charge in [0, 0.05) is 24.2 Å². The molecule has 0 saturated heterocycles. The molecule has 2 aromatic rings. The Morgan fingerprint density at radius 1 is 1.10 bits per heavy atom. The van der Waals surface area contributed by atoms with Crippen molar-refractivity contribution in [2.45, 2.75) is 44.3 Å². The first-order valence-electron chi connectivity index (χ1n) is 9.25. The molecule has 0 spiro atoms. The first kappa shape index (κ1) is 21.0. The van der Waals surface area contributed by atoms with Crippen molar-refractivity contribution in [3.8, 4) is 0 Å². The Morgan fingerprint density at radius 2 is 1.76 bits per heavy atom. The van der Waals surface area contributed by atoms with Crippen LogP contribution in [0, 0.1) is 0 Å². The van der Waals surface area contributed by atoms with Crippen molar-refractivity contribution in [3.63, 3.8) is 0 Å². The fourth-order valence-corrected chi connectivity index (χ4v) is 3.02. The first-order chi connectivity index (χ1) is 13.6. The molecule has 29 heavy (non-hydrogen) atoms. The number of carbonyl (C=O) groups is 1. The Morgan fingerprint density at radius 3 is 2.31 bits per heavy atom. The van der Waals surface area contributed by atoms with E-state index in [2.05, 4.69) is 10.2 Å². The molecule has 1 aliphatic heterocycles. The Kier molecular flexibility index (Phi) is 5.49. The van der Waals surface area contributed by atoms with Crippen molar-refractivity contribution in [2.75, 3.05) is 6.54 Å². The molecule has 0 radical (unpaired) electrons. The second kappa shape index (κ2) is 7.59. The van der Waals surface area contributed by atoms with Crippen LogP contribution in [0.4, 0.5) is 13.2 Å². The molecule has 5 nitrogen and oxygen atoms in total. The van der Waals surface area contributed by atoms with E-state index in [1.807, 2.05) is 30.3 Å². The summed E-state index contributed by atoms with van der Waals surface area (Å²) in [6, 6.07) is 14.5. The molecule has 0 fully saturated rings. The van der Waals surface area contributed by atoms with Crippen LogP contribution in [0.15, 0.2) is 64.8 Å². The number of hydrogen-bond acceptors (Lipinski definition) is 4. The molecule has 1 amide bonds. The largest absolute Gasteiger partial charge is 0.442 e. The average molecular weight is 405 g/mol. The lowest BCUT2D eigenvalue weighted by atomic mass is 9.98. The normalized spacial score (nSPS) is 16.9. The van der Waals surface area contributed by atoms with Crippen LogP contribution in [0.3, 0.4) is 0 Å². The Bertz CT molecular complexity index is 905. The van der Waals surface area contributed by atoms with E-state index in [9.17, 15) is 23.1 Å². The van der Waals surface area contributed by atoms with Crippen molar-refractivity contribution < 1.29 is 23.1 Å². The summed E-state index contributed by atoms with van der Waals surface area (Å²) in [5.41, 5.74) is -2.97. The zero-order valence-electron chi connectivity index (χ0n) is 16.1. The van der Waals surface area contributed by atoms with Crippen LogP contribution >= 0.6 is 0 Å². The molecule has 1 unspecified atom stereocenters. The van der Waals surface area contributed by atoms with Crippen LogP contribution in [0.25, 0.3) is 0 Å². The standard InChI is InChI=1S/C21H22F3N3O2/c1-3-19(2,29)14-27(13-15-8-5-4-6-9-15)18(28)16-10-7-11-17(12-16)20(25-26-20)21(22,23)24/h4-12,29H,3,13-14H2,1-2H3. The van der Waals surface area contributed by atoms with Gasteiger partial charge in [-0.2, -0.15) is 13.2 Å². The summed E-state index contributed by atoms with van der Waals surface area (Å²) in [6.45, 7) is 3.68. The zero-order valence-corrected chi connectivity index (χ0v) is 16.1. The van der Waals surface area contributed by atoms with Gasteiger partial charge in [0.05, 0.1) is 5.60 Å². The van der Waals surface area contributed by atoms with Gasteiger partial charge in [-0.15, -0.1) is 10.2 Å². The minimum Gasteiger partial charge on any atom is -0.388 e. The lowest BCUT2D eigenvalue weighted by Gasteiger charge is -2.31. The minimum atomic E-state index is -4.66. The molecule has 154 valence electrons. The molecular weight excluding hydrogens is 383 g/mol. The van der Waals surface area contributed by atoms with Crippen LogP contribution < -0.4 is 0 Å². The number of benzene rings is 2. The summed E-state index contributed by atoms with van der Waals surface area (Å²) in [5, 5.41) is 16.9. The summed E-state index contributed by atoms with van der Waals surface area (Å²) in [6.07, 6.45) is -4.25. The van der Waals surface area contributed by atoms with Gasteiger partial charge in [0.15, 0.2) is 0 Å². The number of halogens is 3. The third kappa shape index (κ3) is 4.48. The highest BCUT2D eigenvalue weighted by Gasteiger charge is 2.65. The highest BCUT2D eigenvalue weighted by molar-refractivity contribution is 5.94. The molecule has 0 aliphatic carbocycles. The van der Waals surface area contributed by atoms with Crippen molar-refractivity contribution in [1.29, 1.82) is 0 Å². The molecule has 1 N–H and O–H groups in total. The smallest absolute Gasteiger partial charge is 0.388 e. The number of carbonyl (C=O) groups excluding carboxylic acids is 1. The van der Waals surface area contributed by atoms with Gasteiger partial charge in [-0.3, -0.25) is 4.79 Å². The van der Waals surface area contributed by atoms with E-state index in [1.165, 1.54) is 29.2 Å². The van der Waals surface area contributed by atoms with E-state index in [1.54, 1.807) is 13.8 Å². The lowest BCUT2D eigenvalue weighted by Crippen LogP contribution is -2.43. The Hall–Kier alpha value is -2.74. The number of nitrogens with zero attached hydrogens (tertiary/aromatic N) is 3. The average Bonchev–Trinajstić information content (AvgIpc) is 3.50. The summed E-state index contributed by atoms with van der Waals surface area (Å²) >= 11 is 0. The van der Waals surface area contributed by atoms with E-state index in [4.69, 9.17) is 0 Å². The van der Waals surface area contributed by atoms with E-state index in [0.717, 1.165) is 5.56 Å². The first-order valence-corrected chi connectivity index (χ1v) is 9.25. The second-order valence-corrected chi connectivity index (χ2v) is 7.45. The van der Waals surface area contributed by atoms with Crippen molar-refractivity contribution >= 4 is 5.91 Å². The quantitative estimate of drug-likeness (QED) is 0.727. The maximum atomic E-state index is 13.3. The van der Waals surface area contributed by atoms with E-state index >= 15 is 0 Å². The SMILES string of the molecule is CCC(C)(O)CN(Cc1ccccc1)C(=O)c1cccc(C2(C(F)(F)F)N=N2)c1. The highest BCUT2D eigenvalue weighted by Crippen LogP contribution is 2.52. The van der Waals surface area contributed by atoms with Crippen LogP contribution in [0.2, 0.25) is 0 Å². The van der Waals surface area contributed by atoms with Crippen molar-refractivity contribution in [3.05, 3.63) is 71.3 Å². The van der Waals surface area contributed by atoms with Gasteiger partial charge in [0.25, 0.3) is 5.91 Å². The zero-order chi connectivity index (χ0) is 21.3. The molecule has 0 saturated carbocycles. The minimum absolute atomic E-state index is 0.0423. The Balaban J connectivity index is 1.90. The third-order valence-electron chi connectivity index (χ3n) is 5.00. The molecule has 1 heterocycles. The van der Waals surface area contributed by atoms with Crippen LogP contribution in [-0.2, 0) is 12.2 Å². The van der Waals surface area contributed by atoms with Crippen LogP contribution in [-0.4, -0.2) is 34.2 Å². The molecule has 1 atom stereocenters. The molecule has 8 heteroatoms. The number of rotatable bonds is 7. The molecule has 3 rings (SSSR count). The van der Waals surface area contributed by atoms with E-state index in [-0.39, 0.29) is 24.2 Å². The Labute approximate surface area is 166 Å². The van der Waals surface area contributed by atoms with Crippen LogP contribution in [0.5, 0.6) is 0 Å². The van der Waals surface area contributed by atoms with Gasteiger partial charge in [-0.05, 0) is 31.0 Å². The predicted octanol–water partition coefficient (Wildman–Crippen LogP) is 4.67. The maximum Gasteiger partial charge on any atom is 0.442 e. The van der Waals surface area contributed by atoms with Crippen molar-refractivity contribution in [2.24, 2.45) is 10.2 Å². The highest BCUT2D eigenvalue weighted by atomic mass is 19.4. The predicted molar refractivity (Wildman–Crippen MR) is 101 cm³/mol. The number of hydrogen-bond donors (Lipinski definition) is 1. The number of aliphatic hydroxyl groups is 1. The summed E-state index contributed by atoms with van der Waals surface area (Å²) < 4.78 is 39.9. The molecule has 0 aromatic heterocycles. The van der Waals surface area contributed by atoms with Gasteiger partial charge in [-0.1, -0.05) is 49.4 Å². The molecular formula is C21H22F3N3O2. The van der Waals surface area contributed by atoms with Gasteiger partial charge < -0.3 is 10.0 Å². The fourth-order valence-electron chi connectivity index (χ4n) is 3.02. The van der Waals surface area contributed by atoms with E-state index in [0.29, 0.717) is 6.42 Å². The maximum absolute atomic E-state index is 13.3. The lowest BCUT2D eigenvalue weighted by molar-refractivity contribution is -0.166. The summed E-state index contributed by atoms with van der Waals surface area (Å²) in [5.74, 6) is -0.470. The van der Waals surface area contributed by atoms with Gasteiger partial charge in [-0.25, -0.2) is 0 Å². The second-order valence-electron chi connectivity index (χ2n) is 7.45. The van der Waals surface area contributed by atoms with Gasteiger partial charge in [0.2, 0.25) is 0 Å². The van der Waals surface area contributed by atoms with Crippen LogP contribution in [0.1, 0.15) is 41.8 Å². The topological polar surface area (TPSA) is 65.3 Å². The van der Waals surface area contributed by atoms with E-state index < -0.39 is 23.3 Å². The summed E-state index contributed by atoms with van der Waals surface area (Å²) in [4.78, 5) is 14.6. The third-order valence-corrected chi connectivity index (χ3v) is 5.00. The van der Waals surface area contributed by atoms with Gasteiger partial charge >= 0.3 is 11.8 Å². The molecule has 1 aliphatic rings.